The molecule has 0 aliphatic heterocycles. The topological polar surface area (TPSA) is 108 Å². The largest absolute Gasteiger partial charge is 0.768 e. The van der Waals surface area contributed by atoms with E-state index in [0.29, 0.717) is 22.4 Å². The van der Waals surface area contributed by atoms with E-state index < -0.39 is 28.6 Å². The molecule has 42 heavy (non-hydrogen) atoms. The molecule has 1 N–H and O–H groups in total. The van der Waals surface area contributed by atoms with Crippen LogP contribution in [0.2, 0.25) is 0 Å². The van der Waals surface area contributed by atoms with Gasteiger partial charge in [-0.2, -0.15) is 18.3 Å². The molecule has 6 rings (SSSR count). The molecule has 5 aromatic rings. The number of hydrogen-bond donors (Lipinski definition) is 1. The van der Waals surface area contributed by atoms with E-state index in [0.717, 1.165) is 22.5 Å². The van der Waals surface area contributed by atoms with Crippen molar-refractivity contribution in [1.29, 1.82) is 0 Å². The number of aromatic nitrogens is 3. The molecule has 0 radical (unpaired) electrons. The average Bonchev–Trinajstić information content (AvgIpc) is 3.50. The van der Waals surface area contributed by atoms with Gasteiger partial charge in [0.05, 0.1) is 11.4 Å². The number of rotatable bonds is 8. The lowest BCUT2D eigenvalue weighted by atomic mass is 9.90. The first-order valence-corrected chi connectivity index (χ1v) is 14.8. The van der Waals surface area contributed by atoms with Crippen molar-refractivity contribution in [2.75, 3.05) is 0 Å². The molecule has 1 aliphatic rings. The fraction of sp³-hybridized carbons (Fsp3) is 0.167. The molecule has 2 aromatic heterocycles. The molecular weight excluding hydrogens is 587 g/mol. The Labute approximate surface area is 244 Å². The molecular formula is C30H21F3N3O4S2-. The smallest absolute Gasteiger partial charge is 0.400 e. The van der Waals surface area contributed by atoms with E-state index in [-0.39, 0.29) is 40.7 Å². The van der Waals surface area contributed by atoms with Gasteiger partial charge in [0, 0.05) is 27.8 Å². The summed E-state index contributed by atoms with van der Waals surface area (Å²) in [7, 11) is 0. The fourth-order valence-electron chi connectivity index (χ4n) is 5.08. The highest BCUT2D eigenvalue weighted by Crippen LogP contribution is 2.60. The van der Waals surface area contributed by atoms with Crippen LogP contribution in [0, 0.1) is 0 Å². The van der Waals surface area contributed by atoms with Gasteiger partial charge in [-0.3, -0.25) is 4.21 Å². The molecule has 0 spiro atoms. The number of alkyl halides is 3. The third-order valence-electron chi connectivity index (χ3n) is 7.36. The van der Waals surface area contributed by atoms with Crippen LogP contribution in [0.4, 0.5) is 13.2 Å². The molecule has 0 amide bonds. The highest BCUT2D eigenvalue weighted by Gasteiger charge is 2.66. The molecule has 0 saturated heterocycles. The van der Waals surface area contributed by atoms with Crippen LogP contribution in [0.5, 0.6) is 0 Å². The van der Waals surface area contributed by atoms with Crippen molar-refractivity contribution >= 4 is 28.4 Å². The summed E-state index contributed by atoms with van der Waals surface area (Å²) in [5, 5.41) is 15.4. The zero-order valence-corrected chi connectivity index (χ0v) is 23.3. The molecule has 1 aliphatic carbocycles. The summed E-state index contributed by atoms with van der Waals surface area (Å²) >= 11 is -1.48. The molecule has 7 nitrogen and oxygen atoms in total. The van der Waals surface area contributed by atoms with Crippen LogP contribution in [0.1, 0.15) is 40.2 Å². The second-order valence-corrected chi connectivity index (χ2v) is 11.8. The third-order valence-corrected chi connectivity index (χ3v) is 8.83. The van der Waals surface area contributed by atoms with Gasteiger partial charge in [0.2, 0.25) is 5.13 Å². The summed E-state index contributed by atoms with van der Waals surface area (Å²) < 4.78 is 67.8. The molecule has 1 saturated carbocycles. The fourth-order valence-corrected chi connectivity index (χ4v) is 6.19. The lowest BCUT2D eigenvalue weighted by molar-refractivity contribution is -0.161. The molecule has 214 valence electrons. The Balaban J connectivity index is 1.61. The number of nitrogens with zero attached hydrogens (tertiary/aromatic N) is 3. The number of thiazole rings is 1. The van der Waals surface area contributed by atoms with E-state index in [9.17, 15) is 31.8 Å². The first-order valence-electron chi connectivity index (χ1n) is 12.8. The number of hydrogen-bond acceptors (Lipinski definition) is 6. The molecule has 3 aromatic carbocycles. The number of carboxylic acids is 1. The summed E-state index contributed by atoms with van der Waals surface area (Å²) in [4.78, 5) is 15.8. The summed E-state index contributed by atoms with van der Waals surface area (Å²) in [5.74, 6) is -1.26. The van der Waals surface area contributed by atoms with Gasteiger partial charge in [-0.05, 0) is 58.8 Å². The van der Waals surface area contributed by atoms with Crippen molar-refractivity contribution in [2.24, 2.45) is 0 Å². The average molecular weight is 609 g/mol. The van der Waals surface area contributed by atoms with Gasteiger partial charge < -0.3 is 9.66 Å². The predicted octanol–water partition coefficient (Wildman–Crippen LogP) is 6.78. The van der Waals surface area contributed by atoms with Crippen LogP contribution in [-0.2, 0) is 22.9 Å². The maximum atomic E-state index is 14.6. The Morgan fingerprint density at radius 1 is 1.00 bits per heavy atom. The molecule has 0 bridgehead atoms. The van der Waals surface area contributed by atoms with Crippen LogP contribution < -0.4 is 0 Å². The van der Waals surface area contributed by atoms with Crippen molar-refractivity contribution < 1.29 is 31.8 Å². The van der Waals surface area contributed by atoms with E-state index in [4.69, 9.17) is 0 Å². The van der Waals surface area contributed by atoms with Crippen molar-refractivity contribution in [3.05, 3.63) is 107 Å². The van der Waals surface area contributed by atoms with Crippen molar-refractivity contribution in [3.8, 4) is 27.5 Å². The normalized spacial score (nSPS) is 15.0. The Bertz CT molecular complexity index is 1810. The standard InChI is InChI=1S/C30H22F3N3O4S2/c31-30(32,33)29(13-14-29)26-23(15-18-9-11-22(12-10-18)42(39)40)25(36(35-26)28-34-24(17-41-28)27(37)38)21-8-4-7-20(16-21)19-5-2-1-3-6-19/h1-12,16-17H,13-15H2,(H,37,38)(H,39,40)/p-1. The third kappa shape index (κ3) is 5.06. The Morgan fingerprint density at radius 3 is 2.26 bits per heavy atom. The number of carboxylic acid groups (broad SMARTS) is 1. The summed E-state index contributed by atoms with van der Waals surface area (Å²) in [5.41, 5.74) is 1.06. The minimum atomic E-state index is -4.57. The van der Waals surface area contributed by atoms with Crippen LogP contribution in [0.15, 0.2) is 89.1 Å². The number of aromatic carboxylic acids is 1. The van der Waals surface area contributed by atoms with Crippen molar-refractivity contribution in [3.63, 3.8) is 0 Å². The van der Waals surface area contributed by atoms with Crippen LogP contribution in [0.25, 0.3) is 27.5 Å². The minimum absolute atomic E-state index is 0.0288. The van der Waals surface area contributed by atoms with Gasteiger partial charge in [-0.1, -0.05) is 60.7 Å². The van der Waals surface area contributed by atoms with Gasteiger partial charge >= 0.3 is 12.1 Å². The first-order chi connectivity index (χ1) is 20.1. The van der Waals surface area contributed by atoms with Crippen LogP contribution in [0.3, 0.4) is 0 Å². The zero-order valence-electron chi connectivity index (χ0n) is 21.7. The Hall–Kier alpha value is -4.13. The van der Waals surface area contributed by atoms with Gasteiger partial charge in [0.15, 0.2) is 5.69 Å². The lowest BCUT2D eigenvalue weighted by Crippen LogP contribution is -2.30. The maximum absolute atomic E-state index is 14.6. The highest BCUT2D eigenvalue weighted by molar-refractivity contribution is 7.79. The van der Waals surface area contributed by atoms with Crippen molar-refractivity contribution in [2.45, 2.75) is 35.7 Å². The number of benzene rings is 3. The number of halogens is 3. The SMILES string of the molecule is O=C(O)c1csc(-n2nc(C3(C(F)(F)F)CC3)c(Cc3ccc(S(=O)[O-])cc3)c2-c2cccc(-c3ccccc3)c2)n1. The molecule has 2 heterocycles. The van der Waals surface area contributed by atoms with E-state index in [1.165, 1.54) is 22.2 Å². The maximum Gasteiger partial charge on any atom is 0.400 e. The summed E-state index contributed by atoms with van der Waals surface area (Å²) in [6, 6.07) is 22.8. The van der Waals surface area contributed by atoms with E-state index >= 15 is 0 Å². The van der Waals surface area contributed by atoms with Crippen LogP contribution >= 0.6 is 11.3 Å². The van der Waals surface area contributed by atoms with E-state index in [1.807, 2.05) is 42.5 Å². The Morgan fingerprint density at radius 2 is 1.67 bits per heavy atom. The molecule has 1 unspecified atom stereocenters. The van der Waals surface area contributed by atoms with Gasteiger partial charge in [-0.15, -0.1) is 11.3 Å². The number of carbonyl (C=O) groups is 1. The van der Waals surface area contributed by atoms with Gasteiger partial charge in [0.25, 0.3) is 0 Å². The second kappa shape index (κ2) is 10.6. The van der Waals surface area contributed by atoms with E-state index in [2.05, 4.69) is 10.1 Å². The molecule has 12 heteroatoms. The minimum Gasteiger partial charge on any atom is -0.768 e. The monoisotopic (exact) mass is 608 g/mol. The highest BCUT2D eigenvalue weighted by atomic mass is 32.2. The van der Waals surface area contributed by atoms with Crippen molar-refractivity contribution in [1.82, 2.24) is 14.8 Å². The molecule has 1 fully saturated rings. The molecule has 1 atom stereocenters. The lowest BCUT2D eigenvalue weighted by Gasteiger charge is -2.19. The second-order valence-electron chi connectivity index (χ2n) is 9.99. The zero-order chi connectivity index (χ0) is 29.6. The summed E-state index contributed by atoms with van der Waals surface area (Å²) in [6.07, 6.45) is -4.80. The summed E-state index contributed by atoms with van der Waals surface area (Å²) in [6.45, 7) is 0. The van der Waals surface area contributed by atoms with E-state index in [1.54, 1.807) is 24.3 Å². The Kier molecular flexibility index (Phi) is 7.08. The first kappa shape index (κ1) is 28.0. The predicted molar refractivity (Wildman–Crippen MR) is 150 cm³/mol. The quantitative estimate of drug-likeness (QED) is 0.195. The van der Waals surface area contributed by atoms with Gasteiger partial charge in [0.1, 0.15) is 5.41 Å². The van der Waals surface area contributed by atoms with Gasteiger partial charge in [-0.25, -0.2) is 14.5 Å². The van der Waals surface area contributed by atoms with Crippen LogP contribution in [-0.4, -0.2) is 40.8 Å².